The Bertz CT molecular complexity index is 612. The van der Waals surface area contributed by atoms with Gasteiger partial charge in [0.1, 0.15) is 11.6 Å². The maximum absolute atomic E-state index is 5.48. The van der Waals surface area contributed by atoms with Crippen LogP contribution in [0.5, 0.6) is 0 Å². The molecule has 26 heavy (non-hydrogen) atoms. The van der Waals surface area contributed by atoms with Crippen molar-refractivity contribution in [2.45, 2.75) is 27.2 Å². The highest BCUT2D eigenvalue weighted by atomic mass is 32.1. The minimum Gasteiger partial charge on any atom is -0.378 e. The smallest absolute Gasteiger partial charge is 0.232 e. The lowest BCUT2D eigenvalue weighted by atomic mass is 9.92. The van der Waals surface area contributed by atoms with E-state index < -0.39 is 0 Å². The van der Waals surface area contributed by atoms with Gasteiger partial charge in [-0.1, -0.05) is 13.8 Å². The van der Waals surface area contributed by atoms with Crippen molar-refractivity contribution >= 4 is 34.9 Å². The number of hydrogen-bond acceptors (Lipinski definition) is 6. The number of ether oxygens (including phenoxy) is 1. The first-order valence-corrected chi connectivity index (χ1v) is 9.97. The Kier molecular flexibility index (Phi) is 6.48. The first-order chi connectivity index (χ1) is 12.5. The van der Waals surface area contributed by atoms with Crippen molar-refractivity contribution in [3.63, 3.8) is 0 Å². The summed E-state index contributed by atoms with van der Waals surface area (Å²) in [6.07, 6.45) is 1.27. The van der Waals surface area contributed by atoms with E-state index in [4.69, 9.17) is 26.9 Å². The molecule has 2 N–H and O–H groups in total. The van der Waals surface area contributed by atoms with Gasteiger partial charge in [0, 0.05) is 38.8 Å². The molecule has 2 aliphatic rings. The lowest BCUT2D eigenvalue weighted by Crippen LogP contribution is -2.40. The molecule has 1 aromatic heterocycles. The van der Waals surface area contributed by atoms with Gasteiger partial charge in [0.05, 0.1) is 13.2 Å². The van der Waals surface area contributed by atoms with Crippen LogP contribution >= 0.6 is 12.2 Å². The van der Waals surface area contributed by atoms with Gasteiger partial charge >= 0.3 is 0 Å². The highest BCUT2D eigenvalue weighted by Crippen LogP contribution is 2.28. The Morgan fingerprint density at radius 2 is 1.77 bits per heavy atom. The number of thiocarbonyl (C=S) groups is 1. The first kappa shape index (κ1) is 19.1. The van der Waals surface area contributed by atoms with Gasteiger partial charge in [-0.2, -0.15) is 9.97 Å². The molecule has 0 radical (unpaired) electrons. The molecule has 0 amide bonds. The van der Waals surface area contributed by atoms with E-state index in [-0.39, 0.29) is 0 Å². The van der Waals surface area contributed by atoms with Gasteiger partial charge in [0.15, 0.2) is 5.11 Å². The molecule has 2 fully saturated rings. The van der Waals surface area contributed by atoms with Gasteiger partial charge in [0.25, 0.3) is 0 Å². The number of anilines is 3. The maximum Gasteiger partial charge on any atom is 0.232 e. The number of rotatable bonds is 4. The number of aromatic nitrogens is 2. The van der Waals surface area contributed by atoms with Gasteiger partial charge in [-0.05, 0) is 37.4 Å². The van der Waals surface area contributed by atoms with E-state index in [9.17, 15) is 0 Å². The molecule has 3 heterocycles. The fraction of sp³-hybridized carbons (Fsp3) is 0.722. The van der Waals surface area contributed by atoms with Crippen LogP contribution < -0.4 is 20.4 Å². The van der Waals surface area contributed by atoms with Gasteiger partial charge in [0.2, 0.25) is 5.95 Å². The Labute approximate surface area is 161 Å². The Morgan fingerprint density at radius 1 is 1.15 bits per heavy atom. The summed E-state index contributed by atoms with van der Waals surface area (Å²) in [7, 11) is 0. The molecule has 0 spiro atoms. The molecule has 1 aromatic rings. The molecule has 0 bridgehead atoms. The van der Waals surface area contributed by atoms with Crippen molar-refractivity contribution in [2.24, 2.45) is 11.8 Å². The number of piperidine rings is 1. The molecule has 8 heteroatoms. The second-order valence-corrected chi connectivity index (χ2v) is 7.75. The van der Waals surface area contributed by atoms with E-state index in [0.29, 0.717) is 22.9 Å². The molecule has 2 saturated heterocycles. The van der Waals surface area contributed by atoms with Crippen LogP contribution in [0.3, 0.4) is 0 Å². The van der Waals surface area contributed by atoms with Gasteiger partial charge < -0.3 is 25.2 Å². The highest BCUT2D eigenvalue weighted by Gasteiger charge is 2.25. The summed E-state index contributed by atoms with van der Waals surface area (Å²) in [6.45, 7) is 12.6. The molecular formula is C18H30N6OS. The van der Waals surface area contributed by atoms with Crippen LogP contribution in [0, 0.1) is 11.8 Å². The maximum atomic E-state index is 5.48. The third-order valence-electron chi connectivity index (χ3n) is 4.79. The molecule has 144 valence electrons. The van der Waals surface area contributed by atoms with Crippen LogP contribution in [0.1, 0.15) is 27.2 Å². The fourth-order valence-corrected chi connectivity index (χ4v) is 3.99. The van der Waals surface area contributed by atoms with Crippen LogP contribution in [0.25, 0.3) is 0 Å². The predicted octanol–water partition coefficient (Wildman–Crippen LogP) is 2.10. The minimum atomic E-state index is 0.554. The summed E-state index contributed by atoms with van der Waals surface area (Å²) < 4.78 is 5.48. The number of hydrogen-bond donors (Lipinski definition) is 2. The van der Waals surface area contributed by atoms with E-state index in [0.717, 1.165) is 57.6 Å². The van der Waals surface area contributed by atoms with Crippen LogP contribution in [0.2, 0.25) is 0 Å². The van der Waals surface area contributed by atoms with Crippen molar-refractivity contribution in [3.05, 3.63) is 6.07 Å². The van der Waals surface area contributed by atoms with E-state index in [1.807, 2.05) is 6.92 Å². The third-order valence-corrected chi connectivity index (χ3v) is 5.04. The van der Waals surface area contributed by atoms with Crippen molar-refractivity contribution in [1.82, 2.24) is 15.3 Å². The van der Waals surface area contributed by atoms with E-state index in [1.54, 1.807) is 0 Å². The van der Waals surface area contributed by atoms with Crippen LogP contribution in [-0.2, 0) is 4.74 Å². The predicted molar refractivity (Wildman–Crippen MR) is 110 cm³/mol. The highest BCUT2D eigenvalue weighted by molar-refractivity contribution is 7.80. The van der Waals surface area contributed by atoms with Crippen LogP contribution in [-0.4, -0.2) is 61.0 Å². The second-order valence-electron chi connectivity index (χ2n) is 7.34. The Morgan fingerprint density at radius 3 is 2.38 bits per heavy atom. The van der Waals surface area contributed by atoms with Crippen LogP contribution in [0.15, 0.2) is 6.07 Å². The van der Waals surface area contributed by atoms with Crippen molar-refractivity contribution in [2.75, 3.05) is 61.1 Å². The lowest BCUT2D eigenvalue weighted by molar-refractivity contribution is 0.122. The second kappa shape index (κ2) is 8.81. The Balaban J connectivity index is 1.87. The van der Waals surface area contributed by atoms with E-state index >= 15 is 0 Å². The minimum absolute atomic E-state index is 0.554. The molecule has 2 aliphatic heterocycles. The number of morpholine rings is 1. The van der Waals surface area contributed by atoms with Crippen molar-refractivity contribution in [3.8, 4) is 0 Å². The standard InChI is InChI=1S/C18H30N6OS/c1-4-19-18(26)22-17-20-15(23-5-7-25-8-6-23)10-16(21-17)24-11-13(2)9-14(3)12-24/h10,13-14H,4-9,11-12H2,1-3H3,(H2,19,20,21,22,26). The average molecular weight is 379 g/mol. The van der Waals surface area contributed by atoms with Crippen molar-refractivity contribution < 1.29 is 4.74 Å². The third kappa shape index (κ3) is 4.94. The summed E-state index contributed by atoms with van der Waals surface area (Å²) in [4.78, 5) is 14.1. The van der Waals surface area contributed by atoms with Gasteiger partial charge in [-0.3, -0.25) is 0 Å². The van der Waals surface area contributed by atoms with E-state index in [1.165, 1.54) is 6.42 Å². The molecule has 3 rings (SSSR count). The van der Waals surface area contributed by atoms with Crippen molar-refractivity contribution in [1.29, 1.82) is 0 Å². The summed E-state index contributed by atoms with van der Waals surface area (Å²) in [5.41, 5.74) is 0. The molecule has 0 saturated carbocycles. The molecule has 0 aliphatic carbocycles. The molecule has 2 unspecified atom stereocenters. The SMILES string of the molecule is CCNC(=S)Nc1nc(N2CCOCC2)cc(N2CC(C)CC(C)C2)n1. The molecule has 0 aromatic carbocycles. The zero-order valence-corrected chi connectivity index (χ0v) is 16.8. The molecule has 2 atom stereocenters. The fourth-order valence-electron chi connectivity index (χ4n) is 3.75. The number of nitrogens with one attached hydrogen (secondary N) is 2. The molecule has 7 nitrogen and oxygen atoms in total. The monoisotopic (exact) mass is 378 g/mol. The summed E-state index contributed by atoms with van der Waals surface area (Å²) in [6, 6.07) is 2.11. The normalized spacial score (nSPS) is 23.7. The van der Waals surface area contributed by atoms with E-state index in [2.05, 4.69) is 40.3 Å². The van der Waals surface area contributed by atoms with Gasteiger partial charge in [-0.25, -0.2) is 0 Å². The zero-order chi connectivity index (χ0) is 18.5. The van der Waals surface area contributed by atoms with Crippen LogP contribution in [0.4, 0.5) is 17.6 Å². The molecular weight excluding hydrogens is 348 g/mol. The lowest BCUT2D eigenvalue weighted by Gasteiger charge is -2.36. The quantitative estimate of drug-likeness (QED) is 0.773. The summed E-state index contributed by atoms with van der Waals surface area (Å²) >= 11 is 5.32. The topological polar surface area (TPSA) is 65.6 Å². The summed E-state index contributed by atoms with van der Waals surface area (Å²) in [5.74, 6) is 3.80. The largest absolute Gasteiger partial charge is 0.378 e. The number of nitrogens with zero attached hydrogens (tertiary/aromatic N) is 4. The average Bonchev–Trinajstić information content (AvgIpc) is 2.61. The zero-order valence-electron chi connectivity index (χ0n) is 16.0. The first-order valence-electron chi connectivity index (χ1n) is 9.56. The summed E-state index contributed by atoms with van der Waals surface area (Å²) in [5, 5.41) is 6.79. The van der Waals surface area contributed by atoms with Gasteiger partial charge in [-0.15, -0.1) is 0 Å². The Hall–Kier alpha value is -1.67.